The van der Waals surface area contributed by atoms with Crippen LogP contribution in [-0.4, -0.2) is 33.3 Å². The molecule has 28 heavy (non-hydrogen) atoms. The standard InChI is InChI=1S/C17H28FN3O5S2/c1-7-17(6,19)28(25,26)11-16(5,20-27(24)15(2,3)4)13-10-12(21(22)23)8-9-14(13)18/h8-10,20H,7,11,19H2,1-6H3/t16-,17?,27+/m0/s1. The second-order valence-corrected chi connectivity index (χ2v) is 12.6. The van der Waals surface area contributed by atoms with Crippen molar-refractivity contribution in [3.63, 3.8) is 0 Å². The molecule has 1 aromatic rings. The molecule has 0 aromatic heterocycles. The summed E-state index contributed by atoms with van der Waals surface area (Å²) in [5.74, 6) is -1.54. The number of benzene rings is 1. The Morgan fingerprint density at radius 3 is 2.21 bits per heavy atom. The van der Waals surface area contributed by atoms with E-state index in [1.165, 1.54) is 13.8 Å². The SMILES string of the molecule is CCC(C)(N)S(=O)(=O)C[C@](C)(N[S@+]([O-])C(C)(C)C)c1cc([N+](=O)[O-])ccc1F. The Kier molecular flexibility index (Phi) is 7.28. The Labute approximate surface area is 168 Å². The number of sulfone groups is 1. The molecule has 0 saturated carbocycles. The van der Waals surface area contributed by atoms with E-state index in [1.54, 1.807) is 27.7 Å². The van der Waals surface area contributed by atoms with E-state index in [4.69, 9.17) is 5.73 Å². The average molecular weight is 438 g/mol. The molecular formula is C17H28FN3O5S2. The third-order valence-electron chi connectivity index (χ3n) is 4.52. The van der Waals surface area contributed by atoms with Crippen molar-refractivity contribution in [2.24, 2.45) is 5.73 Å². The molecule has 1 unspecified atom stereocenters. The van der Waals surface area contributed by atoms with Crippen LogP contribution in [0.4, 0.5) is 10.1 Å². The Hall–Kier alpha value is -1.27. The number of rotatable bonds is 8. The van der Waals surface area contributed by atoms with Crippen molar-refractivity contribution in [3.8, 4) is 0 Å². The Morgan fingerprint density at radius 2 is 1.79 bits per heavy atom. The van der Waals surface area contributed by atoms with Gasteiger partial charge in [0.15, 0.2) is 9.84 Å². The van der Waals surface area contributed by atoms with Gasteiger partial charge < -0.3 is 10.3 Å². The highest BCUT2D eigenvalue weighted by molar-refractivity contribution is 7.93. The van der Waals surface area contributed by atoms with Crippen molar-refractivity contribution in [1.29, 1.82) is 0 Å². The lowest BCUT2D eigenvalue weighted by molar-refractivity contribution is -0.385. The molecule has 0 amide bonds. The molecule has 0 bridgehead atoms. The van der Waals surface area contributed by atoms with Crippen molar-refractivity contribution in [2.45, 2.75) is 63.1 Å². The van der Waals surface area contributed by atoms with E-state index in [0.717, 1.165) is 18.2 Å². The molecule has 0 fully saturated rings. The Bertz CT molecular complexity index is 840. The molecule has 0 aliphatic rings. The first kappa shape index (κ1) is 24.8. The maximum Gasteiger partial charge on any atom is 0.269 e. The summed E-state index contributed by atoms with van der Waals surface area (Å²) >= 11 is -1.79. The van der Waals surface area contributed by atoms with Gasteiger partial charge in [-0.15, -0.1) is 4.72 Å². The van der Waals surface area contributed by atoms with Crippen LogP contribution in [0.3, 0.4) is 0 Å². The van der Waals surface area contributed by atoms with E-state index in [9.17, 15) is 27.5 Å². The third kappa shape index (κ3) is 5.41. The quantitative estimate of drug-likeness (QED) is 0.362. The molecule has 11 heteroatoms. The van der Waals surface area contributed by atoms with Crippen LogP contribution >= 0.6 is 0 Å². The topological polar surface area (TPSA) is 138 Å². The van der Waals surface area contributed by atoms with Gasteiger partial charge in [-0.1, -0.05) is 6.92 Å². The van der Waals surface area contributed by atoms with Gasteiger partial charge in [0, 0.05) is 29.1 Å². The zero-order chi connectivity index (χ0) is 22.1. The summed E-state index contributed by atoms with van der Waals surface area (Å²) in [6.07, 6.45) is 0.102. The highest BCUT2D eigenvalue weighted by Gasteiger charge is 2.46. The number of non-ortho nitro benzene ring substituents is 1. The first-order chi connectivity index (χ1) is 12.5. The number of hydrogen-bond donors (Lipinski definition) is 2. The van der Waals surface area contributed by atoms with Crippen LogP contribution in [0, 0.1) is 15.9 Å². The summed E-state index contributed by atoms with van der Waals surface area (Å²) in [5.41, 5.74) is 3.52. The van der Waals surface area contributed by atoms with Gasteiger partial charge in [0.2, 0.25) is 0 Å². The zero-order valence-corrected chi connectivity index (χ0v) is 18.5. The van der Waals surface area contributed by atoms with Gasteiger partial charge >= 0.3 is 0 Å². The molecule has 8 nitrogen and oxygen atoms in total. The lowest BCUT2D eigenvalue weighted by atomic mass is 9.94. The maximum absolute atomic E-state index is 14.6. The van der Waals surface area contributed by atoms with E-state index in [-0.39, 0.29) is 12.0 Å². The molecular weight excluding hydrogens is 409 g/mol. The van der Waals surface area contributed by atoms with Crippen molar-refractivity contribution >= 4 is 26.9 Å². The minimum absolute atomic E-state index is 0.102. The molecule has 0 heterocycles. The summed E-state index contributed by atoms with van der Waals surface area (Å²) in [5, 5.41) is 11.1. The fraction of sp³-hybridized carbons (Fsp3) is 0.647. The predicted molar refractivity (Wildman–Crippen MR) is 108 cm³/mol. The van der Waals surface area contributed by atoms with E-state index in [0.29, 0.717) is 0 Å². The van der Waals surface area contributed by atoms with Gasteiger partial charge in [0.1, 0.15) is 21.0 Å². The molecule has 1 aromatic carbocycles. The smallest absolute Gasteiger partial charge is 0.269 e. The largest absolute Gasteiger partial charge is 0.598 e. The number of nitrogens with two attached hydrogens (primary N) is 1. The van der Waals surface area contributed by atoms with Gasteiger partial charge in [-0.2, -0.15) is 0 Å². The van der Waals surface area contributed by atoms with Gasteiger partial charge in [-0.3, -0.25) is 10.1 Å². The highest BCUT2D eigenvalue weighted by Crippen LogP contribution is 2.33. The van der Waals surface area contributed by atoms with E-state index in [2.05, 4.69) is 4.72 Å². The summed E-state index contributed by atoms with van der Waals surface area (Å²) in [4.78, 5) is 8.82. The van der Waals surface area contributed by atoms with Crippen LogP contribution in [0.5, 0.6) is 0 Å². The molecule has 160 valence electrons. The first-order valence-corrected chi connectivity index (χ1v) is 11.4. The molecule has 0 aliphatic heterocycles. The highest BCUT2D eigenvalue weighted by atomic mass is 32.2. The summed E-state index contributed by atoms with van der Waals surface area (Å²) in [7, 11) is -4.01. The molecule has 3 N–H and O–H groups in total. The molecule has 0 spiro atoms. The van der Waals surface area contributed by atoms with Crippen LogP contribution in [0.25, 0.3) is 0 Å². The van der Waals surface area contributed by atoms with E-state index >= 15 is 0 Å². The van der Waals surface area contributed by atoms with Gasteiger partial charge in [-0.05, 0) is 47.1 Å². The van der Waals surface area contributed by atoms with Crippen LogP contribution in [0.15, 0.2) is 18.2 Å². The van der Waals surface area contributed by atoms with Crippen LogP contribution in [0.1, 0.15) is 53.5 Å². The average Bonchev–Trinajstić information content (AvgIpc) is 2.53. The molecule has 3 atom stereocenters. The fourth-order valence-electron chi connectivity index (χ4n) is 2.33. The van der Waals surface area contributed by atoms with Gasteiger partial charge in [0.25, 0.3) is 5.69 Å². The number of nitro benzene ring substituents is 1. The number of hydrogen-bond acceptors (Lipinski definition) is 7. The van der Waals surface area contributed by atoms with Crippen molar-refractivity contribution in [1.82, 2.24) is 4.72 Å². The minimum atomic E-state index is -4.01. The lowest BCUT2D eigenvalue weighted by Crippen LogP contribution is -2.57. The van der Waals surface area contributed by atoms with Crippen molar-refractivity contribution in [3.05, 3.63) is 39.7 Å². The zero-order valence-electron chi connectivity index (χ0n) is 16.9. The van der Waals surface area contributed by atoms with Crippen molar-refractivity contribution < 1.29 is 22.3 Å². The summed E-state index contributed by atoms with van der Waals surface area (Å²) in [6, 6.07) is 2.83. The fourth-order valence-corrected chi connectivity index (χ4v) is 5.08. The van der Waals surface area contributed by atoms with Crippen LogP contribution in [-0.2, 0) is 26.7 Å². The summed E-state index contributed by atoms with van der Waals surface area (Å²) in [6.45, 7) is 9.27. The number of nitro groups is 1. The molecule has 0 saturated heterocycles. The van der Waals surface area contributed by atoms with Crippen LogP contribution in [0.2, 0.25) is 0 Å². The molecule has 0 radical (unpaired) electrons. The summed E-state index contributed by atoms with van der Waals surface area (Å²) < 4.78 is 55.1. The maximum atomic E-state index is 14.6. The van der Waals surface area contributed by atoms with Crippen molar-refractivity contribution in [2.75, 3.05) is 5.75 Å². The van der Waals surface area contributed by atoms with E-state index in [1.807, 2.05) is 0 Å². The number of nitrogens with one attached hydrogen (secondary N) is 1. The second-order valence-electron chi connectivity index (χ2n) is 8.16. The number of nitrogens with zero attached hydrogens (tertiary/aromatic N) is 1. The molecule has 1 rings (SSSR count). The lowest BCUT2D eigenvalue weighted by Gasteiger charge is -2.37. The minimum Gasteiger partial charge on any atom is -0.598 e. The monoisotopic (exact) mass is 437 g/mol. The van der Waals surface area contributed by atoms with Gasteiger partial charge in [0.05, 0.1) is 10.7 Å². The van der Waals surface area contributed by atoms with Gasteiger partial charge in [-0.25, -0.2) is 12.8 Å². The second kappa shape index (κ2) is 8.23. The van der Waals surface area contributed by atoms with E-state index < -0.39 is 58.5 Å². The number of halogens is 1. The first-order valence-electron chi connectivity index (χ1n) is 8.62. The predicted octanol–water partition coefficient (Wildman–Crippen LogP) is 2.50. The third-order valence-corrected chi connectivity index (χ3v) is 8.94. The Morgan fingerprint density at radius 1 is 1.25 bits per heavy atom. The normalized spacial score (nSPS) is 18.2. The van der Waals surface area contributed by atoms with Crippen LogP contribution < -0.4 is 10.5 Å². The molecule has 0 aliphatic carbocycles. The Balaban J connectivity index is 3.62.